The molecular weight excluding hydrogens is 276 g/mol. The van der Waals surface area contributed by atoms with Crippen molar-refractivity contribution in [3.05, 3.63) is 47.4 Å². The first-order chi connectivity index (χ1) is 9.63. The smallest absolute Gasteiger partial charge is 0.339 e. The number of para-hydroxylation sites is 1. The molecular formula is C14H12N2O3S. The van der Waals surface area contributed by atoms with Crippen molar-refractivity contribution in [1.82, 2.24) is 4.98 Å². The molecule has 0 amide bonds. The van der Waals surface area contributed by atoms with Gasteiger partial charge in [-0.1, -0.05) is 23.5 Å². The molecule has 3 aromatic rings. The van der Waals surface area contributed by atoms with Crippen molar-refractivity contribution in [2.45, 2.75) is 13.5 Å². The van der Waals surface area contributed by atoms with Gasteiger partial charge in [0.2, 0.25) is 0 Å². The van der Waals surface area contributed by atoms with Crippen LogP contribution in [0.3, 0.4) is 0 Å². The molecule has 6 heteroatoms. The summed E-state index contributed by atoms with van der Waals surface area (Å²) in [5.74, 6) is 0.0234. The second kappa shape index (κ2) is 4.97. The van der Waals surface area contributed by atoms with Crippen LogP contribution in [0.2, 0.25) is 0 Å². The van der Waals surface area contributed by atoms with E-state index in [0.717, 1.165) is 15.3 Å². The molecule has 2 heterocycles. The summed E-state index contributed by atoms with van der Waals surface area (Å²) >= 11 is 1.55. The summed E-state index contributed by atoms with van der Waals surface area (Å²) in [6.45, 7) is 2.05. The van der Waals surface area contributed by atoms with Crippen molar-refractivity contribution in [2.24, 2.45) is 0 Å². The highest BCUT2D eigenvalue weighted by atomic mass is 32.1. The van der Waals surface area contributed by atoms with Gasteiger partial charge in [0.05, 0.1) is 16.8 Å². The van der Waals surface area contributed by atoms with Crippen molar-refractivity contribution in [2.75, 3.05) is 5.32 Å². The van der Waals surface area contributed by atoms with Gasteiger partial charge >= 0.3 is 5.97 Å². The zero-order valence-corrected chi connectivity index (χ0v) is 11.5. The number of rotatable bonds is 4. The van der Waals surface area contributed by atoms with Crippen LogP contribution < -0.4 is 5.32 Å². The second-order valence-electron chi connectivity index (χ2n) is 4.33. The molecule has 0 atom stereocenters. The summed E-state index contributed by atoms with van der Waals surface area (Å²) < 4.78 is 6.51. The fourth-order valence-corrected chi connectivity index (χ4v) is 2.82. The van der Waals surface area contributed by atoms with Gasteiger partial charge in [-0.2, -0.15) is 0 Å². The van der Waals surface area contributed by atoms with Crippen LogP contribution in [0.25, 0.3) is 10.2 Å². The number of anilines is 1. The van der Waals surface area contributed by atoms with Gasteiger partial charge in [-0.05, 0) is 25.1 Å². The predicted molar refractivity (Wildman–Crippen MR) is 77.4 cm³/mol. The molecule has 2 aromatic heterocycles. The molecule has 0 bridgehead atoms. The monoisotopic (exact) mass is 288 g/mol. The number of carbonyl (C=O) groups is 1. The standard InChI is InChI=1S/C14H12N2O3S/c1-8-10(13(17)18)6-9(19-8)7-15-14-16-11-4-2-3-5-12(11)20-14/h2-6H,7H2,1H3,(H,15,16)(H,17,18). The fourth-order valence-electron chi connectivity index (χ4n) is 1.95. The van der Waals surface area contributed by atoms with Crippen molar-refractivity contribution >= 4 is 32.7 Å². The number of furan rings is 1. The molecule has 0 aliphatic rings. The molecule has 0 fully saturated rings. The summed E-state index contributed by atoms with van der Waals surface area (Å²) in [4.78, 5) is 15.4. The maximum Gasteiger partial charge on any atom is 0.339 e. The maximum atomic E-state index is 10.9. The van der Waals surface area contributed by atoms with Crippen molar-refractivity contribution in [3.63, 3.8) is 0 Å². The van der Waals surface area contributed by atoms with Crippen LogP contribution in [0.4, 0.5) is 5.13 Å². The molecule has 0 aliphatic carbocycles. The molecule has 0 saturated heterocycles. The number of hydrogen-bond donors (Lipinski definition) is 2. The van der Waals surface area contributed by atoms with Gasteiger partial charge in [-0.3, -0.25) is 0 Å². The van der Waals surface area contributed by atoms with E-state index in [9.17, 15) is 4.79 Å². The Kier molecular flexibility index (Phi) is 3.15. The molecule has 0 unspecified atom stereocenters. The number of carboxylic acids is 1. The van der Waals surface area contributed by atoms with Crippen LogP contribution in [0.15, 0.2) is 34.7 Å². The number of aryl methyl sites for hydroxylation is 1. The van der Waals surface area contributed by atoms with Crippen LogP contribution in [0.5, 0.6) is 0 Å². The minimum absolute atomic E-state index is 0.200. The van der Waals surface area contributed by atoms with Gasteiger partial charge in [0, 0.05) is 0 Å². The van der Waals surface area contributed by atoms with Crippen LogP contribution in [0.1, 0.15) is 21.9 Å². The number of nitrogens with one attached hydrogen (secondary N) is 1. The predicted octanol–water partition coefficient (Wildman–Crippen LogP) is 3.51. The summed E-state index contributed by atoms with van der Waals surface area (Å²) in [7, 11) is 0. The lowest BCUT2D eigenvalue weighted by Crippen LogP contribution is -1.98. The zero-order valence-electron chi connectivity index (χ0n) is 10.7. The van der Waals surface area contributed by atoms with Gasteiger partial charge in [-0.15, -0.1) is 0 Å². The molecule has 20 heavy (non-hydrogen) atoms. The van der Waals surface area contributed by atoms with Crippen molar-refractivity contribution in [1.29, 1.82) is 0 Å². The van der Waals surface area contributed by atoms with E-state index in [2.05, 4.69) is 10.3 Å². The molecule has 0 aliphatic heterocycles. The number of carboxylic acid groups (broad SMARTS) is 1. The molecule has 2 N–H and O–H groups in total. The van der Waals surface area contributed by atoms with Gasteiger partial charge in [0.25, 0.3) is 0 Å². The average molecular weight is 288 g/mol. The number of fused-ring (bicyclic) bond motifs is 1. The van der Waals surface area contributed by atoms with Crippen LogP contribution >= 0.6 is 11.3 Å². The third kappa shape index (κ3) is 2.37. The van der Waals surface area contributed by atoms with Crippen LogP contribution in [0, 0.1) is 6.92 Å². The summed E-state index contributed by atoms with van der Waals surface area (Å²) in [6.07, 6.45) is 0. The Labute approximate surface area is 118 Å². The highest BCUT2D eigenvalue weighted by Gasteiger charge is 2.13. The first-order valence-electron chi connectivity index (χ1n) is 6.05. The van der Waals surface area contributed by atoms with Gasteiger partial charge in [0.1, 0.15) is 17.1 Å². The van der Waals surface area contributed by atoms with E-state index in [1.54, 1.807) is 18.3 Å². The lowest BCUT2D eigenvalue weighted by atomic mass is 10.2. The lowest BCUT2D eigenvalue weighted by Gasteiger charge is -1.97. The van der Waals surface area contributed by atoms with Gasteiger partial charge in [0.15, 0.2) is 5.13 Å². The fraction of sp³-hybridized carbons (Fsp3) is 0.143. The quantitative estimate of drug-likeness (QED) is 0.768. The summed E-state index contributed by atoms with van der Waals surface area (Å²) in [6, 6.07) is 9.42. The van der Waals surface area contributed by atoms with E-state index in [0.29, 0.717) is 18.1 Å². The van der Waals surface area contributed by atoms with E-state index in [1.807, 2.05) is 24.3 Å². The Bertz CT molecular complexity index is 743. The number of aromatic carboxylic acids is 1. The zero-order chi connectivity index (χ0) is 14.1. The largest absolute Gasteiger partial charge is 0.478 e. The number of nitrogens with zero attached hydrogens (tertiary/aromatic N) is 1. The highest BCUT2D eigenvalue weighted by molar-refractivity contribution is 7.22. The van der Waals surface area contributed by atoms with Gasteiger partial charge < -0.3 is 14.8 Å². The van der Waals surface area contributed by atoms with E-state index >= 15 is 0 Å². The van der Waals surface area contributed by atoms with E-state index in [1.165, 1.54) is 6.07 Å². The number of hydrogen-bond acceptors (Lipinski definition) is 5. The molecule has 0 radical (unpaired) electrons. The number of aromatic nitrogens is 1. The van der Waals surface area contributed by atoms with E-state index in [-0.39, 0.29) is 5.56 Å². The Balaban J connectivity index is 1.76. The molecule has 3 rings (SSSR count). The second-order valence-corrected chi connectivity index (χ2v) is 5.36. The Morgan fingerprint density at radius 3 is 2.95 bits per heavy atom. The Hall–Kier alpha value is -2.34. The van der Waals surface area contributed by atoms with E-state index in [4.69, 9.17) is 9.52 Å². The molecule has 5 nitrogen and oxygen atoms in total. The Morgan fingerprint density at radius 1 is 1.45 bits per heavy atom. The lowest BCUT2D eigenvalue weighted by molar-refractivity contribution is 0.0695. The van der Waals surface area contributed by atoms with E-state index < -0.39 is 5.97 Å². The normalized spacial score (nSPS) is 10.8. The minimum Gasteiger partial charge on any atom is -0.478 e. The first-order valence-corrected chi connectivity index (χ1v) is 6.87. The molecule has 0 spiro atoms. The number of benzene rings is 1. The third-order valence-corrected chi connectivity index (χ3v) is 3.90. The number of thiazole rings is 1. The molecule has 0 saturated carbocycles. The Morgan fingerprint density at radius 2 is 2.25 bits per heavy atom. The molecule has 1 aromatic carbocycles. The minimum atomic E-state index is -0.975. The summed E-state index contributed by atoms with van der Waals surface area (Å²) in [5, 5.41) is 12.9. The van der Waals surface area contributed by atoms with Crippen molar-refractivity contribution < 1.29 is 14.3 Å². The average Bonchev–Trinajstić information content (AvgIpc) is 2.99. The topological polar surface area (TPSA) is 75.4 Å². The van der Waals surface area contributed by atoms with Crippen molar-refractivity contribution in [3.8, 4) is 0 Å². The van der Waals surface area contributed by atoms with Crippen LogP contribution in [-0.4, -0.2) is 16.1 Å². The highest BCUT2D eigenvalue weighted by Crippen LogP contribution is 2.26. The maximum absolute atomic E-state index is 10.9. The third-order valence-electron chi connectivity index (χ3n) is 2.91. The SMILES string of the molecule is Cc1oc(CNc2nc3ccccc3s2)cc1C(=O)O. The van der Waals surface area contributed by atoms with Gasteiger partial charge in [-0.25, -0.2) is 9.78 Å². The summed E-state index contributed by atoms with van der Waals surface area (Å²) in [5.41, 5.74) is 1.15. The first kappa shape index (κ1) is 12.7. The molecule has 102 valence electrons. The van der Waals surface area contributed by atoms with Crippen LogP contribution in [-0.2, 0) is 6.54 Å².